The number of carbonyl (C=O) groups is 2. The molecule has 1 aromatic rings. The highest BCUT2D eigenvalue weighted by Gasteiger charge is 2.39. The molecular weight excluding hydrogens is 328 g/mol. The predicted octanol–water partition coefficient (Wildman–Crippen LogP) is 4.41. The van der Waals surface area contributed by atoms with Crippen LogP contribution in [0.15, 0.2) is 24.3 Å². The second kappa shape index (κ2) is 7.98. The van der Waals surface area contributed by atoms with Gasteiger partial charge in [-0.3, -0.25) is 0 Å². The summed E-state index contributed by atoms with van der Waals surface area (Å²) in [5, 5.41) is 11.0. The van der Waals surface area contributed by atoms with Gasteiger partial charge < -0.3 is 21.3 Å². The second-order valence-corrected chi connectivity index (χ2v) is 8.76. The highest BCUT2D eigenvalue weighted by molar-refractivity contribution is 5.92. The van der Waals surface area contributed by atoms with Gasteiger partial charge in [0, 0.05) is 25.0 Å². The lowest BCUT2D eigenvalue weighted by Gasteiger charge is -2.46. The SMILES string of the molecule is CNC(=O)Nc1cccc(NC(=O)NCC2(C)CC(C)CC(C)(C)C2)c1. The van der Waals surface area contributed by atoms with Crippen LogP contribution < -0.4 is 21.3 Å². The Labute approximate surface area is 156 Å². The van der Waals surface area contributed by atoms with Crippen molar-refractivity contribution in [3.63, 3.8) is 0 Å². The summed E-state index contributed by atoms with van der Waals surface area (Å²) in [6, 6.07) is 6.55. The lowest BCUT2D eigenvalue weighted by atomic mass is 9.61. The van der Waals surface area contributed by atoms with Crippen molar-refractivity contribution in [1.82, 2.24) is 10.6 Å². The predicted molar refractivity (Wildman–Crippen MR) is 106 cm³/mol. The molecule has 6 nitrogen and oxygen atoms in total. The van der Waals surface area contributed by atoms with Gasteiger partial charge in [-0.2, -0.15) is 0 Å². The van der Waals surface area contributed by atoms with Crippen LogP contribution >= 0.6 is 0 Å². The molecule has 0 heterocycles. The lowest BCUT2D eigenvalue weighted by molar-refractivity contribution is 0.0629. The van der Waals surface area contributed by atoms with Crippen molar-refractivity contribution in [2.75, 3.05) is 24.2 Å². The molecule has 144 valence electrons. The van der Waals surface area contributed by atoms with Crippen molar-refractivity contribution in [2.24, 2.45) is 16.7 Å². The molecule has 2 unspecified atom stereocenters. The summed E-state index contributed by atoms with van der Waals surface area (Å²) in [7, 11) is 1.55. The molecule has 6 heteroatoms. The van der Waals surface area contributed by atoms with E-state index in [1.807, 2.05) is 0 Å². The normalized spacial score (nSPS) is 24.4. The van der Waals surface area contributed by atoms with Crippen molar-refractivity contribution in [1.29, 1.82) is 0 Å². The molecule has 1 aliphatic carbocycles. The van der Waals surface area contributed by atoms with Crippen LogP contribution in [-0.4, -0.2) is 25.7 Å². The van der Waals surface area contributed by atoms with E-state index in [1.54, 1.807) is 31.3 Å². The number of rotatable bonds is 4. The highest BCUT2D eigenvalue weighted by Crippen LogP contribution is 2.48. The van der Waals surface area contributed by atoms with E-state index in [0.717, 1.165) is 12.8 Å². The fourth-order valence-electron chi connectivity index (χ4n) is 4.63. The standard InChI is InChI=1S/C20H32N4O2/c1-14-10-19(2,3)12-20(4,11-14)13-22-18(26)24-16-8-6-7-15(9-16)23-17(25)21-5/h6-9,14H,10-13H2,1-5H3,(H2,21,23,25)(H2,22,24,26). The Balaban J connectivity index is 1.91. The molecule has 26 heavy (non-hydrogen) atoms. The number of anilines is 2. The maximum Gasteiger partial charge on any atom is 0.319 e. The van der Waals surface area contributed by atoms with Crippen LogP contribution in [0.1, 0.15) is 47.0 Å². The molecule has 1 saturated carbocycles. The summed E-state index contributed by atoms with van der Waals surface area (Å²) >= 11 is 0. The first-order chi connectivity index (χ1) is 12.1. The van der Waals surface area contributed by atoms with Crippen molar-refractivity contribution < 1.29 is 9.59 Å². The molecule has 0 radical (unpaired) electrons. The zero-order valence-corrected chi connectivity index (χ0v) is 16.5. The quantitative estimate of drug-likeness (QED) is 0.641. The van der Waals surface area contributed by atoms with E-state index in [9.17, 15) is 9.59 Å². The molecule has 2 atom stereocenters. The first-order valence-corrected chi connectivity index (χ1v) is 9.24. The number of hydrogen-bond donors (Lipinski definition) is 4. The summed E-state index contributed by atoms with van der Waals surface area (Å²) in [5.41, 5.74) is 1.68. The first-order valence-electron chi connectivity index (χ1n) is 9.24. The lowest BCUT2D eigenvalue weighted by Crippen LogP contribution is -2.44. The van der Waals surface area contributed by atoms with E-state index in [-0.39, 0.29) is 17.5 Å². The van der Waals surface area contributed by atoms with Crippen LogP contribution in [0.4, 0.5) is 21.0 Å². The van der Waals surface area contributed by atoms with E-state index in [2.05, 4.69) is 49.0 Å². The van der Waals surface area contributed by atoms with Crippen molar-refractivity contribution in [2.45, 2.75) is 47.0 Å². The smallest absolute Gasteiger partial charge is 0.319 e. The Morgan fingerprint density at radius 3 is 2.27 bits per heavy atom. The van der Waals surface area contributed by atoms with Gasteiger partial charge in [0.25, 0.3) is 0 Å². The monoisotopic (exact) mass is 360 g/mol. The number of carbonyl (C=O) groups excluding carboxylic acids is 2. The summed E-state index contributed by atoms with van der Waals surface area (Å²) in [4.78, 5) is 23.7. The average Bonchev–Trinajstić information content (AvgIpc) is 2.51. The third kappa shape index (κ3) is 5.93. The zero-order chi connectivity index (χ0) is 19.4. The van der Waals surface area contributed by atoms with Gasteiger partial charge in [0.1, 0.15) is 0 Å². The number of benzene rings is 1. The van der Waals surface area contributed by atoms with E-state index in [1.165, 1.54) is 6.42 Å². The molecule has 1 aromatic carbocycles. The third-order valence-electron chi connectivity index (χ3n) is 4.93. The molecule has 0 saturated heterocycles. The Hall–Kier alpha value is -2.24. The summed E-state index contributed by atoms with van der Waals surface area (Å²) in [6.45, 7) is 9.84. The van der Waals surface area contributed by atoms with Crippen molar-refractivity contribution in [3.8, 4) is 0 Å². The summed E-state index contributed by atoms with van der Waals surface area (Å²) in [6.07, 6.45) is 3.47. The van der Waals surface area contributed by atoms with Gasteiger partial charge in [-0.25, -0.2) is 9.59 Å². The average molecular weight is 361 g/mol. The van der Waals surface area contributed by atoms with E-state index in [4.69, 9.17) is 0 Å². The summed E-state index contributed by atoms with van der Waals surface area (Å²) in [5.74, 6) is 0.668. The van der Waals surface area contributed by atoms with E-state index < -0.39 is 0 Å². The first kappa shape index (κ1) is 20.1. The molecule has 0 aromatic heterocycles. The molecular formula is C20H32N4O2. The van der Waals surface area contributed by atoms with Crippen molar-refractivity contribution in [3.05, 3.63) is 24.3 Å². The number of nitrogens with one attached hydrogen (secondary N) is 4. The Kier molecular flexibility index (Phi) is 6.16. The highest BCUT2D eigenvalue weighted by atomic mass is 16.2. The van der Waals surface area contributed by atoms with Crippen LogP contribution in [0, 0.1) is 16.7 Å². The van der Waals surface area contributed by atoms with Gasteiger partial charge >= 0.3 is 12.1 Å². The molecule has 1 aliphatic rings. The minimum atomic E-state index is -0.298. The molecule has 4 amide bonds. The van der Waals surface area contributed by atoms with Crippen LogP contribution in [0.25, 0.3) is 0 Å². The van der Waals surface area contributed by atoms with Gasteiger partial charge in [0.15, 0.2) is 0 Å². The largest absolute Gasteiger partial charge is 0.341 e. The Bertz CT molecular complexity index is 659. The molecule has 2 rings (SSSR count). The van der Waals surface area contributed by atoms with Gasteiger partial charge in [-0.15, -0.1) is 0 Å². The minimum absolute atomic E-state index is 0.112. The van der Waals surface area contributed by atoms with Crippen molar-refractivity contribution >= 4 is 23.4 Å². The minimum Gasteiger partial charge on any atom is -0.341 e. The van der Waals surface area contributed by atoms with Crippen LogP contribution in [0.2, 0.25) is 0 Å². The van der Waals surface area contributed by atoms with Crippen LogP contribution in [0.5, 0.6) is 0 Å². The molecule has 1 fully saturated rings. The number of urea groups is 2. The van der Waals surface area contributed by atoms with Crippen LogP contribution in [-0.2, 0) is 0 Å². The molecule has 4 N–H and O–H groups in total. The Morgan fingerprint density at radius 2 is 1.69 bits per heavy atom. The second-order valence-electron chi connectivity index (χ2n) is 8.76. The third-order valence-corrected chi connectivity index (χ3v) is 4.93. The van der Waals surface area contributed by atoms with E-state index in [0.29, 0.717) is 29.3 Å². The maximum absolute atomic E-state index is 12.3. The fraction of sp³-hybridized carbons (Fsp3) is 0.600. The topological polar surface area (TPSA) is 82.3 Å². The Morgan fingerprint density at radius 1 is 1.08 bits per heavy atom. The van der Waals surface area contributed by atoms with E-state index >= 15 is 0 Å². The fourth-order valence-corrected chi connectivity index (χ4v) is 4.63. The zero-order valence-electron chi connectivity index (χ0n) is 16.5. The van der Waals surface area contributed by atoms with Gasteiger partial charge in [-0.1, -0.05) is 33.8 Å². The van der Waals surface area contributed by atoms with Gasteiger partial charge in [-0.05, 0) is 54.2 Å². The summed E-state index contributed by atoms with van der Waals surface area (Å²) < 4.78 is 0. The number of amides is 4. The van der Waals surface area contributed by atoms with Gasteiger partial charge in [0.2, 0.25) is 0 Å². The van der Waals surface area contributed by atoms with Gasteiger partial charge in [0.05, 0.1) is 0 Å². The van der Waals surface area contributed by atoms with Crippen LogP contribution in [0.3, 0.4) is 0 Å². The maximum atomic E-state index is 12.3. The number of hydrogen-bond acceptors (Lipinski definition) is 2. The molecule has 0 aliphatic heterocycles. The molecule has 0 bridgehead atoms. The molecule has 0 spiro atoms.